The summed E-state index contributed by atoms with van der Waals surface area (Å²) in [5.41, 5.74) is 10.5. The van der Waals surface area contributed by atoms with E-state index in [2.05, 4.69) is 68.1 Å². The molecule has 0 saturated heterocycles. The number of nitrogens with zero attached hydrogens (tertiary/aromatic N) is 4. The van der Waals surface area contributed by atoms with Crippen molar-refractivity contribution in [1.29, 1.82) is 5.26 Å². The number of pyridine rings is 1. The van der Waals surface area contributed by atoms with Crippen molar-refractivity contribution in [2.45, 2.75) is 41.2 Å². The highest BCUT2D eigenvalue weighted by molar-refractivity contribution is 9.10. The van der Waals surface area contributed by atoms with Crippen LogP contribution in [0.25, 0.3) is 5.69 Å². The fourth-order valence-corrected chi connectivity index (χ4v) is 4.38. The van der Waals surface area contributed by atoms with Crippen LogP contribution in [0.2, 0.25) is 0 Å². The van der Waals surface area contributed by atoms with Gasteiger partial charge in [0, 0.05) is 34.1 Å². The van der Waals surface area contributed by atoms with Gasteiger partial charge in [0.25, 0.3) is 5.91 Å². The molecule has 0 aliphatic carbocycles. The summed E-state index contributed by atoms with van der Waals surface area (Å²) >= 11 is 3.43. The Morgan fingerprint density at radius 3 is 2.57 bits per heavy atom. The highest BCUT2D eigenvalue weighted by Gasteiger charge is 2.18. The van der Waals surface area contributed by atoms with Crippen molar-refractivity contribution in [2.75, 3.05) is 13.7 Å². The Bertz CT molecular complexity index is 1320. The third-order valence-corrected chi connectivity index (χ3v) is 6.69. The lowest BCUT2D eigenvalue weighted by atomic mass is 10.1. The molecule has 0 radical (unpaired) electrons. The number of aryl methyl sites for hydroxylation is 4. The molecule has 1 N–H and O–H groups in total. The zero-order valence-electron chi connectivity index (χ0n) is 20.7. The molecule has 0 unspecified atom stereocenters. The quantitative estimate of drug-likeness (QED) is 0.330. The van der Waals surface area contributed by atoms with E-state index in [-0.39, 0.29) is 24.7 Å². The molecule has 0 aliphatic rings. The van der Waals surface area contributed by atoms with Gasteiger partial charge in [-0.2, -0.15) is 10.4 Å². The van der Waals surface area contributed by atoms with E-state index < -0.39 is 5.91 Å². The van der Waals surface area contributed by atoms with E-state index in [1.54, 1.807) is 13.1 Å². The fourth-order valence-electron chi connectivity index (χ4n) is 3.97. The van der Waals surface area contributed by atoms with Gasteiger partial charge in [0.15, 0.2) is 6.61 Å². The van der Waals surface area contributed by atoms with Gasteiger partial charge in [0.2, 0.25) is 5.88 Å². The number of hydrazone groups is 1. The second kappa shape index (κ2) is 11.3. The van der Waals surface area contributed by atoms with Crippen LogP contribution in [-0.4, -0.2) is 35.4 Å². The molecule has 0 fully saturated rings. The summed E-state index contributed by atoms with van der Waals surface area (Å²) in [6.45, 7) is 9.89. The molecule has 8 nitrogen and oxygen atoms in total. The number of ether oxygens (including phenoxy) is 2. The van der Waals surface area contributed by atoms with Crippen molar-refractivity contribution in [1.82, 2.24) is 15.0 Å². The molecule has 3 rings (SSSR count). The number of carbonyl (C=O) groups is 1. The van der Waals surface area contributed by atoms with E-state index in [4.69, 9.17) is 9.47 Å². The SMILES string of the molecule is COCc1c(Br)c(C)nc(OCC(=O)N/N=C/c2cc(C)n(-c3c(C)cccc3C)c2C)c1C#N. The van der Waals surface area contributed by atoms with E-state index in [1.165, 1.54) is 18.2 Å². The molecule has 9 heteroatoms. The normalized spacial score (nSPS) is 11.0. The molecule has 0 aliphatic heterocycles. The minimum Gasteiger partial charge on any atom is -0.467 e. The van der Waals surface area contributed by atoms with Gasteiger partial charge in [0.1, 0.15) is 11.6 Å². The molecule has 35 heavy (non-hydrogen) atoms. The first-order chi connectivity index (χ1) is 16.7. The minimum absolute atomic E-state index is 0.0801. The molecule has 0 atom stereocenters. The summed E-state index contributed by atoms with van der Waals surface area (Å²) in [5.74, 6) is -0.388. The van der Waals surface area contributed by atoms with Gasteiger partial charge in [-0.15, -0.1) is 0 Å². The largest absolute Gasteiger partial charge is 0.467 e. The Balaban J connectivity index is 1.72. The second-order valence-corrected chi connectivity index (χ2v) is 8.99. The number of carbonyl (C=O) groups excluding carboxylic acids is 1. The van der Waals surface area contributed by atoms with Gasteiger partial charge >= 0.3 is 0 Å². The van der Waals surface area contributed by atoms with Crippen LogP contribution in [0.4, 0.5) is 0 Å². The maximum absolute atomic E-state index is 12.3. The Hall–Kier alpha value is -3.48. The summed E-state index contributed by atoms with van der Waals surface area (Å²) in [5, 5.41) is 13.7. The molecular formula is C26H28BrN5O3. The van der Waals surface area contributed by atoms with Gasteiger partial charge in [-0.3, -0.25) is 4.79 Å². The van der Waals surface area contributed by atoms with Crippen LogP contribution in [0.3, 0.4) is 0 Å². The molecule has 2 heterocycles. The van der Waals surface area contributed by atoms with Crippen LogP contribution in [-0.2, 0) is 16.1 Å². The Kier molecular flexibility index (Phi) is 8.43. The van der Waals surface area contributed by atoms with E-state index in [0.29, 0.717) is 15.7 Å². The lowest BCUT2D eigenvalue weighted by Crippen LogP contribution is -2.25. The maximum atomic E-state index is 12.3. The molecule has 182 valence electrons. The van der Waals surface area contributed by atoms with Crippen molar-refractivity contribution in [2.24, 2.45) is 5.10 Å². The lowest BCUT2D eigenvalue weighted by molar-refractivity contribution is -0.123. The van der Waals surface area contributed by atoms with Crippen LogP contribution in [0.1, 0.15) is 44.9 Å². The number of halogens is 1. The number of benzene rings is 1. The third-order valence-electron chi connectivity index (χ3n) is 5.63. The molecule has 0 saturated carbocycles. The van der Waals surface area contributed by atoms with Crippen LogP contribution in [0.5, 0.6) is 5.88 Å². The van der Waals surface area contributed by atoms with Gasteiger partial charge in [-0.1, -0.05) is 18.2 Å². The number of nitriles is 1. The van der Waals surface area contributed by atoms with Gasteiger partial charge < -0.3 is 14.0 Å². The van der Waals surface area contributed by atoms with E-state index in [0.717, 1.165) is 22.6 Å². The first-order valence-corrected chi connectivity index (χ1v) is 11.8. The zero-order chi connectivity index (χ0) is 25.7. The fraction of sp³-hybridized carbons (Fsp3) is 0.308. The van der Waals surface area contributed by atoms with Crippen molar-refractivity contribution in [3.63, 3.8) is 0 Å². The van der Waals surface area contributed by atoms with Crippen molar-refractivity contribution < 1.29 is 14.3 Å². The van der Waals surface area contributed by atoms with E-state index >= 15 is 0 Å². The summed E-state index contributed by atoms with van der Waals surface area (Å²) in [7, 11) is 1.54. The number of aromatic nitrogens is 2. The Morgan fingerprint density at radius 2 is 1.94 bits per heavy atom. The van der Waals surface area contributed by atoms with Gasteiger partial charge in [-0.05, 0) is 67.7 Å². The first-order valence-electron chi connectivity index (χ1n) is 11.0. The van der Waals surface area contributed by atoms with Crippen LogP contribution in [0, 0.1) is 45.9 Å². The van der Waals surface area contributed by atoms with Gasteiger partial charge in [-0.25, -0.2) is 10.4 Å². The number of rotatable bonds is 8. The number of nitrogens with one attached hydrogen (secondary N) is 1. The minimum atomic E-state index is -0.468. The lowest BCUT2D eigenvalue weighted by Gasteiger charge is -2.15. The molecule has 0 bridgehead atoms. The highest BCUT2D eigenvalue weighted by atomic mass is 79.9. The number of para-hydroxylation sites is 1. The maximum Gasteiger partial charge on any atom is 0.278 e. The van der Waals surface area contributed by atoms with Crippen molar-refractivity contribution in [3.05, 3.63) is 73.6 Å². The summed E-state index contributed by atoms with van der Waals surface area (Å²) < 4.78 is 13.6. The molecule has 2 aromatic heterocycles. The Morgan fingerprint density at radius 1 is 1.26 bits per heavy atom. The number of amides is 1. The van der Waals surface area contributed by atoms with E-state index in [9.17, 15) is 10.1 Å². The highest BCUT2D eigenvalue weighted by Crippen LogP contribution is 2.30. The van der Waals surface area contributed by atoms with Crippen LogP contribution in [0.15, 0.2) is 33.8 Å². The van der Waals surface area contributed by atoms with Crippen LogP contribution < -0.4 is 10.2 Å². The number of hydrogen-bond donors (Lipinski definition) is 1. The average molecular weight is 538 g/mol. The number of methoxy groups -OCH3 is 1. The monoisotopic (exact) mass is 537 g/mol. The van der Waals surface area contributed by atoms with Crippen molar-refractivity contribution in [3.8, 4) is 17.6 Å². The zero-order valence-corrected chi connectivity index (χ0v) is 22.3. The molecular weight excluding hydrogens is 510 g/mol. The summed E-state index contributed by atoms with van der Waals surface area (Å²) in [6, 6.07) is 10.3. The van der Waals surface area contributed by atoms with Crippen molar-refractivity contribution >= 4 is 28.1 Å². The van der Waals surface area contributed by atoms with Gasteiger partial charge in [0.05, 0.1) is 24.2 Å². The predicted octanol–water partition coefficient (Wildman–Crippen LogP) is 4.72. The first kappa shape index (κ1) is 26.1. The smallest absolute Gasteiger partial charge is 0.278 e. The summed E-state index contributed by atoms with van der Waals surface area (Å²) in [4.78, 5) is 16.6. The van der Waals surface area contributed by atoms with E-state index in [1.807, 2.05) is 26.0 Å². The summed E-state index contributed by atoms with van der Waals surface area (Å²) in [6.07, 6.45) is 1.61. The van der Waals surface area contributed by atoms with Crippen LogP contribution >= 0.6 is 15.9 Å². The molecule has 0 spiro atoms. The standard InChI is InChI=1S/C26H28BrN5O3/c1-15-8-7-9-16(2)25(15)32-17(3)10-20(19(32)5)12-29-31-23(33)14-35-26-21(11-28)22(13-34-6)24(27)18(4)30-26/h7-10,12H,13-14H2,1-6H3,(H,31,33)/b29-12+. The third kappa shape index (κ3) is 5.61. The molecule has 1 aromatic carbocycles. The second-order valence-electron chi connectivity index (χ2n) is 8.20. The topological polar surface area (TPSA) is 102 Å². The predicted molar refractivity (Wildman–Crippen MR) is 138 cm³/mol. The average Bonchev–Trinajstić information content (AvgIpc) is 3.09. The number of hydrogen-bond acceptors (Lipinski definition) is 6. The molecule has 3 aromatic rings. The molecule has 1 amide bonds. The Labute approximate surface area is 213 Å².